The molecule has 3 aromatic rings. The quantitative estimate of drug-likeness (QED) is 0.524. The summed E-state index contributed by atoms with van der Waals surface area (Å²) in [4.78, 5) is 16.7. The average Bonchev–Trinajstić information content (AvgIpc) is 2.62. The van der Waals surface area contributed by atoms with E-state index in [0.29, 0.717) is 17.1 Å². The van der Waals surface area contributed by atoms with E-state index in [0.717, 1.165) is 5.56 Å². The zero-order chi connectivity index (χ0) is 17.8. The number of hydrogen-bond donors (Lipinski definition) is 0. The second-order valence-electron chi connectivity index (χ2n) is 5.24. The van der Waals surface area contributed by atoms with Crippen LogP contribution in [0.4, 0.5) is 0 Å². The van der Waals surface area contributed by atoms with Gasteiger partial charge in [-0.3, -0.25) is 9.36 Å². The molecular formula is C18H13BrCl2N2O2. The first-order chi connectivity index (χ1) is 12.1. The maximum atomic E-state index is 12.5. The predicted octanol–water partition coefficient (Wildman–Crippen LogP) is 5.02. The van der Waals surface area contributed by atoms with Crippen LogP contribution in [0.2, 0.25) is 5.02 Å². The van der Waals surface area contributed by atoms with Crippen molar-refractivity contribution in [2.24, 2.45) is 0 Å². The molecule has 0 amide bonds. The summed E-state index contributed by atoms with van der Waals surface area (Å²) in [5.74, 6) is 0.120. The predicted molar refractivity (Wildman–Crippen MR) is 102 cm³/mol. The topological polar surface area (TPSA) is 44.1 Å². The van der Waals surface area contributed by atoms with Crippen LogP contribution in [-0.4, -0.2) is 9.55 Å². The number of aromatic nitrogens is 2. The molecule has 25 heavy (non-hydrogen) atoms. The molecule has 4 nitrogen and oxygen atoms in total. The largest absolute Gasteiger partial charge is 0.452 e. The molecule has 0 aliphatic rings. The van der Waals surface area contributed by atoms with Crippen molar-refractivity contribution in [1.82, 2.24) is 9.55 Å². The van der Waals surface area contributed by atoms with E-state index in [1.807, 2.05) is 30.3 Å². The molecule has 1 heterocycles. The Bertz CT molecular complexity index is 932. The van der Waals surface area contributed by atoms with Gasteiger partial charge < -0.3 is 4.74 Å². The number of benzene rings is 2. The van der Waals surface area contributed by atoms with Crippen LogP contribution in [0.15, 0.2) is 70.2 Å². The van der Waals surface area contributed by atoms with Crippen LogP contribution in [0.1, 0.15) is 16.7 Å². The van der Waals surface area contributed by atoms with Crippen molar-refractivity contribution in [2.75, 3.05) is 0 Å². The van der Waals surface area contributed by atoms with Crippen molar-refractivity contribution in [2.45, 2.75) is 12.1 Å². The normalized spacial score (nSPS) is 12.0. The molecule has 0 saturated carbocycles. The highest BCUT2D eigenvalue weighted by Crippen LogP contribution is 2.31. The summed E-state index contributed by atoms with van der Waals surface area (Å²) < 4.78 is 7.31. The smallest absolute Gasteiger partial charge is 0.271 e. The summed E-state index contributed by atoms with van der Waals surface area (Å²) in [6, 6.07) is 16.7. The van der Waals surface area contributed by atoms with Crippen molar-refractivity contribution >= 4 is 39.1 Å². The third-order valence-corrected chi connectivity index (χ3v) is 4.86. The van der Waals surface area contributed by atoms with E-state index in [1.165, 1.54) is 10.9 Å². The summed E-state index contributed by atoms with van der Waals surface area (Å²) in [7, 11) is 0. The van der Waals surface area contributed by atoms with Crippen LogP contribution in [-0.2, 0) is 6.54 Å². The number of rotatable bonds is 5. The fourth-order valence-electron chi connectivity index (χ4n) is 2.24. The Labute approximate surface area is 163 Å². The standard InChI is InChI=1S/C18H13BrCl2N2O2/c19-15-17(25-16(21)13-8-4-5-9-14(13)20)22-11-23(18(15)24)10-12-6-2-1-3-7-12/h1-9,11,16H,10H2. The Balaban J connectivity index is 1.83. The minimum Gasteiger partial charge on any atom is -0.452 e. The Morgan fingerprint density at radius 1 is 1.12 bits per heavy atom. The molecule has 7 heteroatoms. The van der Waals surface area contributed by atoms with Gasteiger partial charge in [0, 0.05) is 10.6 Å². The first kappa shape index (κ1) is 18.0. The highest BCUT2D eigenvalue weighted by atomic mass is 79.9. The molecule has 0 aliphatic carbocycles. The van der Waals surface area contributed by atoms with E-state index >= 15 is 0 Å². The fraction of sp³-hybridized carbons (Fsp3) is 0.111. The van der Waals surface area contributed by atoms with Gasteiger partial charge in [-0.15, -0.1) is 0 Å². The Morgan fingerprint density at radius 2 is 1.80 bits per heavy atom. The Hall–Kier alpha value is -1.82. The van der Waals surface area contributed by atoms with Crippen LogP contribution in [0, 0.1) is 0 Å². The zero-order valence-electron chi connectivity index (χ0n) is 12.9. The molecule has 0 radical (unpaired) electrons. The number of ether oxygens (including phenoxy) is 1. The minimum atomic E-state index is -0.859. The van der Waals surface area contributed by atoms with Crippen LogP contribution in [0.3, 0.4) is 0 Å². The number of nitrogens with zero attached hydrogens (tertiary/aromatic N) is 2. The van der Waals surface area contributed by atoms with Gasteiger partial charge in [-0.2, -0.15) is 0 Å². The van der Waals surface area contributed by atoms with Gasteiger partial charge in [0.1, 0.15) is 10.8 Å². The molecule has 0 saturated heterocycles. The molecular weight excluding hydrogens is 427 g/mol. The van der Waals surface area contributed by atoms with E-state index in [1.54, 1.807) is 24.3 Å². The van der Waals surface area contributed by atoms with Crippen molar-refractivity contribution < 1.29 is 4.74 Å². The van der Waals surface area contributed by atoms with E-state index in [4.69, 9.17) is 27.9 Å². The average molecular weight is 440 g/mol. The maximum absolute atomic E-state index is 12.5. The third kappa shape index (κ3) is 4.24. The van der Waals surface area contributed by atoms with Crippen LogP contribution in [0.25, 0.3) is 0 Å². The minimum absolute atomic E-state index is 0.120. The zero-order valence-corrected chi connectivity index (χ0v) is 16.0. The molecule has 0 spiro atoms. The second kappa shape index (κ2) is 8.04. The molecule has 128 valence electrons. The fourth-order valence-corrected chi connectivity index (χ4v) is 3.23. The summed E-state index contributed by atoms with van der Waals surface area (Å²) in [6.45, 7) is 0.417. The van der Waals surface area contributed by atoms with Gasteiger partial charge in [0.15, 0.2) is 0 Å². The van der Waals surface area contributed by atoms with Gasteiger partial charge in [0.25, 0.3) is 5.56 Å². The lowest BCUT2D eigenvalue weighted by atomic mass is 10.2. The van der Waals surface area contributed by atoms with E-state index in [2.05, 4.69) is 20.9 Å². The second-order valence-corrected chi connectivity index (χ2v) is 6.83. The Morgan fingerprint density at radius 3 is 2.52 bits per heavy atom. The van der Waals surface area contributed by atoms with E-state index < -0.39 is 5.56 Å². The number of alkyl halides is 1. The molecule has 0 bridgehead atoms. The lowest BCUT2D eigenvalue weighted by Gasteiger charge is -2.15. The van der Waals surface area contributed by atoms with Crippen LogP contribution >= 0.6 is 39.1 Å². The lowest BCUT2D eigenvalue weighted by molar-refractivity contribution is 0.272. The highest BCUT2D eigenvalue weighted by Gasteiger charge is 2.18. The SMILES string of the molecule is O=c1c(Br)c(OC(Cl)c2ccccc2Cl)ncn1Cc1ccccc1. The van der Waals surface area contributed by atoms with Crippen molar-refractivity contribution in [3.63, 3.8) is 0 Å². The maximum Gasteiger partial charge on any atom is 0.271 e. The van der Waals surface area contributed by atoms with E-state index in [9.17, 15) is 4.79 Å². The molecule has 2 aromatic carbocycles. The van der Waals surface area contributed by atoms with Crippen molar-refractivity contribution in [3.8, 4) is 5.88 Å². The molecule has 0 fully saturated rings. The summed E-state index contributed by atoms with van der Waals surface area (Å²) >= 11 is 15.6. The van der Waals surface area contributed by atoms with Gasteiger partial charge in [0.2, 0.25) is 11.4 Å². The van der Waals surface area contributed by atoms with Gasteiger partial charge in [-0.25, -0.2) is 4.98 Å². The van der Waals surface area contributed by atoms with Crippen LogP contribution in [0.5, 0.6) is 5.88 Å². The summed E-state index contributed by atoms with van der Waals surface area (Å²) in [5, 5.41) is 0.482. The molecule has 1 atom stereocenters. The molecule has 3 rings (SSSR count). The Kier molecular flexibility index (Phi) is 5.78. The van der Waals surface area contributed by atoms with Gasteiger partial charge >= 0.3 is 0 Å². The molecule has 1 unspecified atom stereocenters. The number of halogens is 3. The van der Waals surface area contributed by atoms with Gasteiger partial charge in [0.05, 0.1) is 6.54 Å². The van der Waals surface area contributed by atoms with Gasteiger partial charge in [-0.05, 0) is 27.6 Å². The van der Waals surface area contributed by atoms with Gasteiger partial charge in [-0.1, -0.05) is 71.7 Å². The van der Waals surface area contributed by atoms with Crippen LogP contribution < -0.4 is 10.3 Å². The molecule has 0 N–H and O–H groups in total. The first-order valence-electron chi connectivity index (χ1n) is 7.40. The monoisotopic (exact) mass is 438 g/mol. The third-order valence-electron chi connectivity index (χ3n) is 3.51. The lowest BCUT2D eigenvalue weighted by Crippen LogP contribution is -2.22. The highest BCUT2D eigenvalue weighted by molar-refractivity contribution is 9.10. The molecule has 0 aliphatic heterocycles. The number of hydrogen-bond acceptors (Lipinski definition) is 3. The summed E-state index contributed by atoms with van der Waals surface area (Å²) in [5.41, 5.74) is 0.491. The summed E-state index contributed by atoms with van der Waals surface area (Å²) in [6.07, 6.45) is 1.44. The first-order valence-corrected chi connectivity index (χ1v) is 9.01. The van der Waals surface area contributed by atoms with E-state index in [-0.39, 0.29) is 15.9 Å². The van der Waals surface area contributed by atoms with Crippen molar-refractivity contribution in [3.05, 3.63) is 91.9 Å². The molecule has 1 aromatic heterocycles. The van der Waals surface area contributed by atoms with Crippen molar-refractivity contribution in [1.29, 1.82) is 0 Å².